The first-order chi connectivity index (χ1) is 10.6. The number of hydrogen-bond donors (Lipinski definition) is 1. The lowest BCUT2D eigenvalue weighted by molar-refractivity contribution is 0.0672. The summed E-state index contributed by atoms with van der Waals surface area (Å²) < 4.78 is 19.0. The summed E-state index contributed by atoms with van der Waals surface area (Å²) >= 11 is 6.10. The van der Waals surface area contributed by atoms with Crippen molar-refractivity contribution in [3.05, 3.63) is 22.8 Å². The van der Waals surface area contributed by atoms with Crippen LogP contribution in [0.15, 0.2) is 12.3 Å². The summed E-state index contributed by atoms with van der Waals surface area (Å²) in [5.41, 5.74) is 0.274. The third-order valence-electron chi connectivity index (χ3n) is 4.04. The Kier molecular flexibility index (Phi) is 4.49. The Morgan fingerprint density at radius 3 is 2.95 bits per heavy atom. The molecule has 2 fully saturated rings. The number of likely N-dealkylation sites (tertiary alicyclic amines) is 1. The molecule has 0 aromatic carbocycles. The van der Waals surface area contributed by atoms with E-state index in [0.29, 0.717) is 18.4 Å². The molecule has 120 valence electrons. The first kappa shape index (κ1) is 15.5. The predicted octanol–water partition coefficient (Wildman–Crippen LogP) is 2.07. The van der Waals surface area contributed by atoms with Crippen LogP contribution in [0.1, 0.15) is 29.6 Å². The van der Waals surface area contributed by atoms with E-state index in [1.54, 1.807) is 0 Å². The number of rotatable bonds is 5. The predicted molar refractivity (Wildman–Crippen MR) is 78.9 cm³/mol. The van der Waals surface area contributed by atoms with E-state index in [4.69, 9.17) is 16.3 Å². The number of hydrogen-bond acceptors (Lipinski definition) is 4. The van der Waals surface area contributed by atoms with Crippen molar-refractivity contribution in [2.75, 3.05) is 19.8 Å². The van der Waals surface area contributed by atoms with Crippen LogP contribution in [0.4, 0.5) is 4.39 Å². The van der Waals surface area contributed by atoms with Crippen LogP contribution >= 0.6 is 11.6 Å². The standard InChI is InChI=1S/C15H18ClFN2O3/c16-13-3-10(5-18-14(13)22-8-9-1-2-9)15(21)19-6-11(17)4-12(19)7-20/h3,5,9,11-12,20H,1-2,4,6-8H2/t11-,12-/m0/s1. The van der Waals surface area contributed by atoms with Crippen molar-refractivity contribution in [1.82, 2.24) is 9.88 Å². The van der Waals surface area contributed by atoms with Crippen molar-refractivity contribution in [1.29, 1.82) is 0 Å². The second-order valence-corrected chi connectivity index (χ2v) is 6.30. The molecule has 22 heavy (non-hydrogen) atoms. The number of alkyl halides is 1. The Bertz CT molecular complexity index is 568. The number of aromatic nitrogens is 1. The third kappa shape index (κ3) is 3.33. The zero-order chi connectivity index (χ0) is 15.7. The first-order valence-electron chi connectivity index (χ1n) is 7.42. The molecule has 1 saturated carbocycles. The van der Waals surface area contributed by atoms with Gasteiger partial charge in [-0.15, -0.1) is 0 Å². The van der Waals surface area contributed by atoms with Crippen LogP contribution in [-0.4, -0.2) is 52.9 Å². The van der Waals surface area contributed by atoms with Gasteiger partial charge in [0, 0.05) is 12.6 Å². The maximum absolute atomic E-state index is 13.4. The number of ether oxygens (including phenoxy) is 1. The second kappa shape index (κ2) is 6.38. The molecule has 2 aliphatic rings. The molecule has 1 aliphatic heterocycles. The van der Waals surface area contributed by atoms with Gasteiger partial charge in [-0.3, -0.25) is 4.79 Å². The number of halogens is 2. The molecular weight excluding hydrogens is 311 g/mol. The average Bonchev–Trinajstić information content (AvgIpc) is 3.26. The second-order valence-electron chi connectivity index (χ2n) is 5.89. The van der Waals surface area contributed by atoms with Gasteiger partial charge in [-0.05, 0) is 24.8 Å². The first-order valence-corrected chi connectivity index (χ1v) is 7.80. The number of pyridine rings is 1. The van der Waals surface area contributed by atoms with Crippen LogP contribution in [0.3, 0.4) is 0 Å². The quantitative estimate of drug-likeness (QED) is 0.898. The van der Waals surface area contributed by atoms with Crippen molar-refractivity contribution in [2.24, 2.45) is 5.92 Å². The number of aliphatic hydroxyl groups is 1. The van der Waals surface area contributed by atoms with E-state index in [-0.39, 0.29) is 36.1 Å². The molecule has 0 radical (unpaired) electrons. The van der Waals surface area contributed by atoms with Gasteiger partial charge >= 0.3 is 0 Å². The Morgan fingerprint density at radius 1 is 1.55 bits per heavy atom. The molecule has 0 spiro atoms. The lowest BCUT2D eigenvalue weighted by Crippen LogP contribution is -2.37. The summed E-state index contributed by atoms with van der Waals surface area (Å²) in [6.45, 7) is 0.319. The molecule has 2 heterocycles. The summed E-state index contributed by atoms with van der Waals surface area (Å²) in [4.78, 5) is 17.8. The van der Waals surface area contributed by atoms with Gasteiger partial charge in [0.25, 0.3) is 5.91 Å². The zero-order valence-corrected chi connectivity index (χ0v) is 12.8. The van der Waals surface area contributed by atoms with E-state index in [0.717, 1.165) is 12.8 Å². The van der Waals surface area contributed by atoms with Crippen LogP contribution in [0.25, 0.3) is 0 Å². The molecule has 0 unspecified atom stereocenters. The smallest absolute Gasteiger partial charge is 0.255 e. The van der Waals surface area contributed by atoms with Gasteiger partial charge < -0.3 is 14.7 Å². The highest BCUT2D eigenvalue weighted by Gasteiger charge is 2.35. The Morgan fingerprint density at radius 2 is 2.32 bits per heavy atom. The van der Waals surface area contributed by atoms with Gasteiger partial charge in [0.15, 0.2) is 0 Å². The highest BCUT2D eigenvalue weighted by atomic mass is 35.5. The fourth-order valence-corrected chi connectivity index (χ4v) is 2.80. The Balaban J connectivity index is 1.70. The van der Waals surface area contributed by atoms with Crippen LogP contribution in [0.5, 0.6) is 5.88 Å². The lowest BCUT2D eigenvalue weighted by Gasteiger charge is -2.22. The van der Waals surface area contributed by atoms with E-state index < -0.39 is 12.2 Å². The molecule has 3 rings (SSSR count). The van der Waals surface area contributed by atoms with Gasteiger partial charge in [0.1, 0.15) is 11.2 Å². The summed E-state index contributed by atoms with van der Waals surface area (Å²) in [5.74, 6) is 0.520. The van der Waals surface area contributed by atoms with E-state index in [9.17, 15) is 14.3 Å². The van der Waals surface area contributed by atoms with Gasteiger partial charge in [0.2, 0.25) is 5.88 Å². The molecule has 1 amide bonds. The molecule has 1 aromatic heterocycles. The minimum absolute atomic E-state index is 0.0123. The molecule has 1 N–H and O–H groups in total. The van der Waals surface area contributed by atoms with Crippen molar-refractivity contribution in [3.63, 3.8) is 0 Å². The zero-order valence-electron chi connectivity index (χ0n) is 12.0. The van der Waals surface area contributed by atoms with Gasteiger partial charge in [-0.1, -0.05) is 11.6 Å². The fourth-order valence-electron chi connectivity index (χ4n) is 2.58. The molecule has 7 heteroatoms. The van der Waals surface area contributed by atoms with E-state index >= 15 is 0 Å². The number of amides is 1. The van der Waals surface area contributed by atoms with E-state index in [1.165, 1.54) is 17.2 Å². The average molecular weight is 329 g/mol. The highest BCUT2D eigenvalue weighted by Crippen LogP contribution is 2.31. The number of aliphatic hydroxyl groups excluding tert-OH is 1. The monoisotopic (exact) mass is 328 g/mol. The Hall–Kier alpha value is -1.40. The highest BCUT2D eigenvalue weighted by molar-refractivity contribution is 6.32. The van der Waals surface area contributed by atoms with Crippen LogP contribution in [0, 0.1) is 5.92 Å². The van der Waals surface area contributed by atoms with Gasteiger partial charge in [-0.25, -0.2) is 9.37 Å². The summed E-state index contributed by atoms with van der Waals surface area (Å²) in [5, 5.41) is 9.52. The van der Waals surface area contributed by atoms with Crippen molar-refractivity contribution in [3.8, 4) is 5.88 Å². The molecule has 2 atom stereocenters. The minimum atomic E-state index is -1.11. The number of carbonyl (C=O) groups is 1. The van der Waals surface area contributed by atoms with Crippen molar-refractivity contribution >= 4 is 17.5 Å². The molecule has 1 saturated heterocycles. The van der Waals surface area contributed by atoms with Gasteiger partial charge in [0.05, 0.1) is 31.4 Å². The third-order valence-corrected chi connectivity index (χ3v) is 4.31. The van der Waals surface area contributed by atoms with Crippen LogP contribution in [-0.2, 0) is 0 Å². The van der Waals surface area contributed by atoms with Crippen LogP contribution < -0.4 is 4.74 Å². The molecular formula is C15H18ClFN2O3. The number of carbonyl (C=O) groups excluding carboxylic acids is 1. The van der Waals surface area contributed by atoms with E-state index in [2.05, 4.69) is 4.98 Å². The lowest BCUT2D eigenvalue weighted by atomic mass is 10.2. The number of nitrogens with zero attached hydrogens (tertiary/aromatic N) is 2. The van der Waals surface area contributed by atoms with Crippen LogP contribution in [0.2, 0.25) is 5.02 Å². The largest absolute Gasteiger partial charge is 0.476 e. The summed E-state index contributed by atoms with van der Waals surface area (Å²) in [6.07, 6.45) is 2.76. The Labute approximate surface area is 133 Å². The molecule has 1 aromatic rings. The van der Waals surface area contributed by atoms with Crippen molar-refractivity contribution in [2.45, 2.75) is 31.5 Å². The molecule has 0 bridgehead atoms. The normalized spacial score (nSPS) is 24.6. The van der Waals surface area contributed by atoms with E-state index in [1.807, 2.05) is 0 Å². The summed E-state index contributed by atoms with van der Waals surface area (Å²) in [6, 6.07) is 0.992. The molecule has 5 nitrogen and oxygen atoms in total. The van der Waals surface area contributed by atoms with Gasteiger partial charge in [-0.2, -0.15) is 0 Å². The summed E-state index contributed by atoms with van der Waals surface area (Å²) in [7, 11) is 0. The van der Waals surface area contributed by atoms with Crippen molar-refractivity contribution < 1.29 is 19.0 Å². The maximum Gasteiger partial charge on any atom is 0.255 e. The SMILES string of the molecule is O=C(c1cnc(OCC2CC2)c(Cl)c1)N1C[C@@H](F)C[C@H]1CO. The maximum atomic E-state index is 13.4. The minimum Gasteiger partial charge on any atom is -0.476 e. The molecule has 1 aliphatic carbocycles. The topological polar surface area (TPSA) is 62.7 Å². The fraction of sp³-hybridized carbons (Fsp3) is 0.600.